The maximum absolute atomic E-state index is 12.4. The van der Waals surface area contributed by atoms with Gasteiger partial charge in [-0.2, -0.15) is 25.3 Å². The Bertz CT molecular complexity index is 1860. The molecule has 0 saturated carbocycles. The summed E-state index contributed by atoms with van der Waals surface area (Å²) in [5, 5.41) is 0. The number of allylic oxidation sites excluding steroid dienone is 1. The Morgan fingerprint density at radius 2 is 1.20 bits per heavy atom. The van der Waals surface area contributed by atoms with E-state index in [9.17, 15) is 25.3 Å². The molecule has 0 saturated heterocycles. The van der Waals surface area contributed by atoms with Crippen LogP contribution in [0.2, 0.25) is 0 Å². The van der Waals surface area contributed by atoms with Crippen LogP contribution < -0.4 is 26.8 Å². The number of rotatable bonds is 14. The molecular formula is C29H34O12S3. The maximum atomic E-state index is 12.4. The first-order valence-electron chi connectivity index (χ1n) is 12.9. The molecule has 0 aliphatic carbocycles. The third kappa shape index (κ3) is 9.79. The van der Waals surface area contributed by atoms with E-state index in [0.29, 0.717) is 17.5 Å². The number of hydrogen-bond acceptors (Lipinski definition) is 12. The van der Waals surface area contributed by atoms with Crippen molar-refractivity contribution in [3.63, 3.8) is 0 Å². The molecule has 3 rings (SSSR count). The van der Waals surface area contributed by atoms with Crippen molar-refractivity contribution in [1.29, 1.82) is 0 Å². The van der Waals surface area contributed by atoms with Crippen LogP contribution in [0.25, 0.3) is 22.3 Å². The van der Waals surface area contributed by atoms with E-state index in [2.05, 4.69) is 0 Å². The van der Waals surface area contributed by atoms with Gasteiger partial charge in [-0.05, 0) is 61.7 Å². The van der Waals surface area contributed by atoms with Crippen molar-refractivity contribution >= 4 is 30.4 Å². The van der Waals surface area contributed by atoms with Gasteiger partial charge in [0.1, 0.15) is 5.75 Å². The third-order valence-corrected chi connectivity index (χ3v) is 7.12. The molecule has 0 fully saturated rings. The molecule has 3 aromatic rings. The summed E-state index contributed by atoms with van der Waals surface area (Å²) < 4.78 is 105. The molecule has 0 aliphatic heterocycles. The number of methoxy groups -OCH3 is 2. The summed E-state index contributed by atoms with van der Waals surface area (Å²) in [5.41, 5.74) is 2.29. The Labute approximate surface area is 258 Å². The van der Waals surface area contributed by atoms with Gasteiger partial charge in [0.25, 0.3) is 0 Å². The molecule has 0 aromatic heterocycles. The van der Waals surface area contributed by atoms with Crippen molar-refractivity contribution in [2.24, 2.45) is 0 Å². The van der Waals surface area contributed by atoms with E-state index in [1.807, 2.05) is 19.9 Å². The average molecular weight is 671 g/mol. The summed E-state index contributed by atoms with van der Waals surface area (Å²) in [5.74, 6) is 0.132. The highest BCUT2D eigenvalue weighted by Gasteiger charge is 2.26. The first-order valence-corrected chi connectivity index (χ1v) is 18.3. The van der Waals surface area contributed by atoms with Crippen molar-refractivity contribution in [2.45, 2.75) is 20.3 Å². The molecule has 3 aromatic carbocycles. The molecule has 0 unspecified atom stereocenters. The molecule has 12 nitrogen and oxygen atoms in total. The molecule has 44 heavy (non-hydrogen) atoms. The molecule has 0 N–H and O–H groups in total. The minimum absolute atomic E-state index is 0.0580. The van der Waals surface area contributed by atoms with E-state index >= 15 is 0 Å². The van der Waals surface area contributed by atoms with Crippen molar-refractivity contribution in [2.75, 3.05) is 39.6 Å². The Morgan fingerprint density at radius 1 is 0.659 bits per heavy atom. The minimum Gasteiger partial charge on any atom is -0.492 e. The number of hydrogen-bond donors (Lipinski definition) is 0. The second-order valence-electron chi connectivity index (χ2n) is 9.83. The lowest BCUT2D eigenvalue weighted by Crippen LogP contribution is -2.09. The molecule has 0 spiro atoms. The molecule has 0 bridgehead atoms. The SMILES string of the molecule is COc1c(-c2ccc(OS(C)(=O)=O)cc2)cc(OS(C)(=O)=O)c(-c2ccc(OCCC=C(C)C)c(OS(C)(=O)=O)c2)c1OC. The molecule has 15 heteroatoms. The second-order valence-corrected chi connectivity index (χ2v) is 14.6. The number of ether oxygens (including phenoxy) is 3. The average Bonchev–Trinajstić information content (AvgIpc) is 2.88. The van der Waals surface area contributed by atoms with Crippen LogP contribution in [0.15, 0.2) is 60.2 Å². The van der Waals surface area contributed by atoms with Gasteiger partial charge >= 0.3 is 30.4 Å². The predicted octanol–water partition coefficient (Wildman–Crippen LogP) is 4.79. The van der Waals surface area contributed by atoms with E-state index in [1.165, 1.54) is 44.6 Å². The van der Waals surface area contributed by atoms with Crippen LogP contribution in [0, 0.1) is 0 Å². The summed E-state index contributed by atoms with van der Waals surface area (Å²) in [7, 11) is -9.12. The zero-order chi connectivity index (χ0) is 32.9. The van der Waals surface area contributed by atoms with Gasteiger partial charge in [0.15, 0.2) is 28.7 Å². The Kier molecular flexibility index (Phi) is 10.8. The fourth-order valence-corrected chi connectivity index (χ4v) is 5.50. The van der Waals surface area contributed by atoms with Crippen LogP contribution in [0.5, 0.6) is 34.5 Å². The lowest BCUT2D eigenvalue weighted by atomic mass is 9.96. The van der Waals surface area contributed by atoms with Gasteiger partial charge in [0.05, 0.1) is 45.2 Å². The lowest BCUT2D eigenvalue weighted by Gasteiger charge is -2.21. The predicted molar refractivity (Wildman–Crippen MR) is 166 cm³/mol. The Balaban J connectivity index is 2.26. The second kappa shape index (κ2) is 13.8. The monoisotopic (exact) mass is 670 g/mol. The van der Waals surface area contributed by atoms with Gasteiger partial charge in [-0.15, -0.1) is 0 Å². The minimum atomic E-state index is -4.09. The highest BCUT2D eigenvalue weighted by Crippen LogP contribution is 2.51. The fraction of sp³-hybridized carbons (Fsp3) is 0.310. The summed E-state index contributed by atoms with van der Waals surface area (Å²) in [6.07, 6.45) is 5.20. The largest absolute Gasteiger partial charge is 0.492 e. The van der Waals surface area contributed by atoms with Crippen molar-refractivity contribution in [3.8, 4) is 56.8 Å². The summed E-state index contributed by atoms with van der Waals surface area (Å²) in [6.45, 7) is 4.13. The Morgan fingerprint density at radius 3 is 1.73 bits per heavy atom. The molecule has 0 heterocycles. The molecule has 0 amide bonds. The molecule has 240 valence electrons. The first-order chi connectivity index (χ1) is 20.4. The van der Waals surface area contributed by atoms with Crippen LogP contribution in [0.3, 0.4) is 0 Å². The molecule has 0 aliphatic rings. The smallest absolute Gasteiger partial charge is 0.306 e. The quantitative estimate of drug-likeness (QED) is 0.131. The molecule has 0 radical (unpaired) electrons. The summed E-state index contributed by atoms with van der Waals surface area (Å²) in [6, 6.07) is 11.7. The Hall–Kier alpha value is -3.95. The maximum Gasteiger partial charge on any atom is 0.306 e. The summed E-state index contributed by atoms with van der Waals surface area (Å²) in [4.78, 5) is 0. The van der Waals surface area contributed by atoms with Gasteiger partial charge < -0.3 is 26.8 Å². The van der Waals surface area contributed by atoms with E-state index in [1.54, 1.807) is 18.2 Å². The number of benzene rings is 3. The van der Waals surface area contributed by atoms with Crippen LogP contribution in [-0.4, -0.2) is 64.8 Å². The summed E-state index contributed by atoms with van der Waals surface area (Å²) >= 11 is 0. The van der Waals surface area contributed by atoms with Gasteiger partial charge in [-0.3, -0.25) is 0 Å². The zero-order valence-electron chi connectivity index (χ0n) is 25.2. The van der Waals surface area contributed by atoms with Gasteiger partial charge in [0.2, 0.25) is 0 Å². The third-order valence-electron chi connectivity index (χ3n) is 5.66. The highest BCUT2D eigenvalue weighted by atomic mass is 32.2. The fourth-order valence-electron chi connectivity index (χ4n) is 4.12. The lowest BCUT2D eigenvalue weighted by molar-refractivity contribution is 0.314. The van der Waals surface area contributed by atoms with Crippen molar-refractivity contribution in [3.05, 3.63) is 60.2 Å². The van der Waals surface area contributed by atoms with Crippen LogP contribution in [0.1, 0.15) is 20.3 Å². The van der Waals surface area contributed by atoms with Gasteiger partial charge in [0, 0.05) is 5.56 Å². The van der Waals surface area contributed by atoms with Crippen molar-refractivity contribution < 1.29 is 52.0 Å². The van der Waals surface area contributed by atoms with Crippen LogP contribution in [0.4, 0.5) is 0 Å². The van der Waals surface area contributed by atoms with Gasteiger partial charge in [-0.25, -0.2) is 0 Å². The van der Waals surface area contributed by atoms with Gasteiger partial charge in [-0.1, -0.05) is 29.8 Å². The van der Waals surface area contributed by atoms with E-state index in [0.717, 1.165) is 24.3 Å². The standard InChI is InChI=1S/C29H34O12S3/c1-19(2)9-8-16-38-24-15-12-21(17-25(24)40-43(6,32)33)27-26(41-44(7,34)35)18-23(28(36-3)29(27)37-4)20-10-13-22(14-11-20)39-42(5,30)31/h9-15,17-18H,8,16H2,1-7H3. The zero-order valence-corrected chi connectivity index (χ0v) is 27.7. The van der Waals surface area contributed by atoms with Crippen LogP contribution in [-0.2, 0) is 30.4 Å². The van der Waals surface area contributed by atoms with E-state index in [-0.39, 0.29) is 52.2 Å². The van der Waals surface area contributed by atoms with E-state index < -0.39 is 30.4 Å². The van der Waals surface area contributed by atoms with Crippen molar-refractivity contribution in [1.82, 2.24) is 0 Å². The molecular weight excluding hydrogens is 637 g/mol. The highest BCUT2D eigenvalue weighted by molar-refractivity contribution is 7.86. The van der Waals surface area contributed by atoms with Crippen LogP contribution >= 0.6 is 0 Å². The molecule has 0 atom stereocenters. The topological polar surface area (TPSA) is 158 Å². The normalized spacial score (nSPS) is 11.8. The first kappa shape index (κ1) is 34.5. The van der Waals surface area contributed by atoms with E-state index in [4.69, 9.17) is 26.8 Å².